The number of rotatable bonds is 0. The Morgan fingerprint density at radius 1 is 1.60 bits per heavy atom. The van der Waals surface area contributed by atoms with E-state index in [1.807, 2.05) is 0 Å². The van der Waals surface area contributed by atoms with Gasteiger partial charge in [0.1, 0.15) is 0 Å². The average Bonchev–Trinajstić information content (AvgIpc) is 2.34. The monoisotopic (exact) mass is 138 g/mol. The molecule has 5 nitrogen and oxygen atoms in total. The van der Waals surface area contributed by atoms with Gasteiger partial charge in [-0.25, -0.2) is 4.79 Å². The van der Waals surface area contributed by atoms with Crippen molar-refractivity contribution in [3.63, 3.8) is 0 Å². The van der Waals surface area contributed by atoms with E-state index in [4.69, 9.17) is 0 Å². The number of carbonyl (C=O) groups excluding carboxylic acids is 1. The molecule has 1 aliphatic heterocycles. The van der Waals surface area contributed by atoms with Crippen molar-refractivity contribution in [1.82, 2.24) is 0 Å². The highest BCUT2D eigenvalue weighted by Crippen LogP contribution is 2.04. The first kappa shape index (κ1) is 6.38. The molecule has 0 N–H and O–H groups in total. The number of hydrogen-bond acceptors (Lipinski definition) is 4. The molecule has 5 heteroatoms. The lowest BCUT2D eigenvalue weighted by Crippen LogP contribution is -2.05. The Labute approximate surface area is 55.5 Å². The maximum absolute atomic E-state index is 9.94. The van der Waals surface area contributed by atoms with Crippen molar-refractivity contribution in [3.05, 3.63) is 28.0 Å². The number of aliphatic imine (C=N–C) groups is 1. The SMILES string of the molecule is O=C=C1C=CC([N+](=O)[O-])=N1. The van der Waals surface area contributed by atoms with Crippen molar-refractivity contribution >= 4 is 11.8 Å². The molecule has 0 unspecified atom stereocenters. The molecule has 0 aromatic carbocycles. The van der Waals surface area contributed by atoms with E-state index in [1.54, 1.807) is 0 Å². The van der Waals surface area contributed by atoms with Crippen molar-refractivity contribution in [2.24, 2.45) is 4.99 Å². The van der Waals surface area contributed by atoms with Gasteiger partial charge in [0.15, 0.2) is 5.94 Å². The highest BCUT2D eigenvalue weighted by Gasteiger charge is 2.16. The third-order valence-electron chi connectivity index (χ3n) is 0.917. The van der Waals surface area contributed by atoms with Crippen LogP contribution in [0.3, 0.4) is 0 Å². The summed E-state index contributed by atoms with van der Waals surface area (Å²) in [6.45, 7) is 0. The second-order valence-corrected chi connectivity index (χ2v) is 1.55. The molecule has 0 fully saturated rings. The third-order valence-corrected chi connectivity index (χ3v) is 0.917. The normalized spacial score (nSPS) is 14.8. The van der Waals surface area contributed by atoms with E-state index in [9.17, 15) is 14.9 Å². The van der Waals surface area contributed by atoms with E-state index in [1.165, 1.54) is 12.0 Å². The lowest BCUT2D eigenvalue weighted by atomic mass is 10.5. The number of nitrogens with zero attached hydrogens (tertiary/aromatic N) is 2. The molecule has 50 valence electrons. The molecule has 1 heterocycles. The zero-order valence-corrected chi connectivity index (χ0v) is 4.77. The fraction of sp³-hybridized carbons (Fsp3) is 0. The van der Waals surface area contributed by atoms with Crippen LogP contribution >= 0.6 is 0 Å². The molecule has 0 saturated carbocycles. The molecule has 0 aliphatic carbocycles. The van der Waals surface area contributed by atoms with Crippen LogP contribution in [-0.2, 0) is 4.79 Å². The molecule has 1 rings (SSSR count). The molecule has 1 aliphatic rings. The van der Waals surface area contributed by atoms with Crippen LogP contribution in [0.1, 0.15) is 0 Å². The number of amidine groups is 1. The molecule has 0 aromatic rings. The quantitative estimate of drug-likeness (QED) is 0.267. The Morgan fingerprint density at radius 2 is 2.30 bits per heavy atom. The zero-order chi connectivity index (χ0) is 7.56. The topological polar surface area (TPSA) is 72.6 Å². The van der Waals surface area contributed by atoms with Crippen LogP contribution in [0, 0.1) is 10.1 Å². The summed E-state index contributed by atoms with van der Waals surface area (Å²) in [6.07, 6.45) is 2.39. The van der Waals surface area contributed by atoms with Gasteiger partial charge in [0, 0.05) is 12.2 Å². The molecule has 0 atom stereocenters. The van der Waals surface area contributed by atoms with Crippen LogP contribution < -0.4 is 0 Å². The summed E-state index contributed by atoms with van der Waals surface area (Å²) in [6, 6.07) is 0. The summed E-state index contributed by atoms with van der Waals surface area (Å²) >= 11 is 0. The first-order chi connectivity index (χ1) is 4.74. The fourth-order valence-corrected chi connectivity index (χ4v) is 0.510. The molecule has 10 heavy (non-hydrogen) atoms. The molecular formula is C5H2N2O3. The summed E-state index contributed by atoms with van der Waals surface area (Å²) in [7, 11) is 0. The van der Waals surface area contributed by atoms with Crippen LogP contribution in [0.25, 0.3) is 0 Å². The maximum Gasteiger partial charge on any atom is 0.365 e. The average molecular weight is 138 g/mol. The minimum Gasteiger partial charge on any atom is -0.358 e. The molecule has 0 radical (unpaired) electrons. The largest absolute Gasteiger partial charge is 0.365 e. The van der Waals surface area contributed by atoms with Gasteiger partial charge in [0.05, 0.1) is 0 Å². The lowest BCUT2D eigenvalue weighted by molar-refractivity contribution is -0.347. The summed E-state index contributed by atoms with van der Waals surface area (Å²) in [5.74, 6) is 1.12. The van der Waals surface area contributed by atoms with Gasteiger partial charge >= 0.3 is 5.84 Å². The van der Waals surface area contributed by atoms with Gasteiger partial charge in [0.25, 0.3) is 5.70 Å². The van der Waals surface area contributed by atoms with E-state index < -0.39 is 4.92 Å². The van der Waals surface area contributed by atoms with Crippen molar-refractivity contribution < 1.29 is 9.72 Å². The van der Waals surface area contributed by atoms with E-state index in [-0.39, 0.29) is 11.5 Å². The molecule has 0 spiro atoms. The first-order valence-corrected chi connectivity index (χ1v) is 2.40. The minimum atomic E-state index is -0.666. The second-order valence-electron chi connectivity index (χ2n) is 1.55. The van der Waals surface area contributed by atoms with Gasteiger partial charge in [-0.3, -0.25) is 0 Å². The molecule has 0 bridgehead atoms. The molecular weight excluding hydrogens is 136 g/mol. The van der Waals surface area contributed by atoms with Crippen LogP contribution in [0.2, 0.25) is 0 Å². The first-order valence-electron chi connectivity index (χ1n) is 2.40. The van der Waals surface area contributed by atoms with Crippen molar-refractivity contribution in [1.29, 1.82) is 0 Å². The van der Waals surface area contributed by atoms with Crippen molar-refractivity contribution in [3.8, 4) is 0 Å². The van der Waals surface area contributed by atoms with Crippen LogP contribution in [-0.4, -0.2) is 16.7 Å². The smallest absolute Gasteiger partial charge is 0.358 e. The van der Waals surface area contributed by atoms with E-state index in [0.29, 0.717) is 0 Å². The van der Waals surface area contributed by atoms with Crippen molar-refractivity contribution in [2.45, 2.75) is 0 Å². The lowest BCUT2D eigenvalue weighted by Gasteiger charge is -1.83. The molecule has 0 aromatic heterocycles. The summed E-state index contributed by atoms with van der Waals surface area (Å²) in [5.41, 5.74) is -0.0355. The Hall–Kier alpha value is -1.74. The molecule has 0 saturated heterocycles. The highest BCUT2D eigenvalue weighted by molar-refractivity contribution is 5.92. The van der Waals surface area contributed by atoms with Crippen LogP contribution in [0.15, 0.2) is 22.8 Å². The second kappa shape index (κ2) is 2.24. The molecule has 0 amide bonds. The fourth-order valence-electron chi connectivity index (χ4n) is 0.510. The summed E-state index contributed by atoms with van der Waals surface area (Å²) < 4.78 is 0. The predicted molar refractivity (Wildman–Crippen MR) is 32.8 cm³/mol. The van der Waals surface area contributed by atoms with Crippen LogP contribution in [0.4, 0.5) is 0 Å². The van der Waals surface area contributed by atoms with Gasteiger partial charge in [-0.05, 0) is 9.92 Å². The highest BCUT2D eigenvalue weighted by atomic mass is 16.6. The zero-order valence-electron chi connectivity index (χ0n) is 4.77. The maximum atomic E-state index is 9.94. The van der Waals surface area contributed by atoms with Gasteiger partial charge < -0.3 is 10.1 Å². The number of allylic oxidation sites excluding steroid dienone is 1. The Bertz CT molecular complexity index is 283. The third kappa shape index (κ3) is 0.985. The minimum absolute atomic E-state index is 0.0355. The Morgan fingerprint density at radius 3 is 2.60 bits per heavy atom. The number of nitro groups is 1. The standard InChI is InChI=1S/C5H2N2O3/c8-3-4-1-2-5(6-4)7(9)10/h1-2H. The van der Waals surface area contributed by atoms with E-state index in [0.717, 1.165) is 6.08 Å². The van der Waals surface area contributed by atoms with E-state index >= 15 is 0 Å². The van der Waals surface area contributed by atoms with Gasteiger partial charge in [-0.15, -0.1) is 0 Å². The predicted octanol–water partition coefficient (Wildman–Crippen LogP) is -0.0531. The van der Waals surface area contributed by atoms with Gasteiger partial charge in [0.2, 0.25) is 0 Å². The van der Waals surface area contributed by atoms with Crippen LogP contribution in [0.5, 0.6) is 0 Å². The van der Waals surface area contributed by atoms with Gasteiger partial charge in [-0.2, -0.15) is 0 Å². The van der Waals surface area contributed by atoms with Gasteiger partial charge in [-0.1, -0.05) is 0 Å². The summed E-state index contributed by atoms with van der Waals surface area (Å²) in [5, 5.41) is 9.94. The van der Waals surface area contributed by atoms with Crippen molar-refractivity contribution in [2.75, 3.05) is 0 Å². The Kier molecular flexibility index (Phi) is 1.43. The summed E-state index contributed by atoms with van der Waals surface area (Å²) in [4.78, 5) is 22.4. The number of hydrogen-bond donors (Lipinski definition) is 0. The Balaban J connectivity index is 2.98. The van der Waals surface area contributed by atoms with E-state index in [2.05, 4.69) is 4.99 Å².